The normalized spacial score (nSPS) is 12.2. The standard InChI is InChI=1S/C12H13Cl2NO4S/c1-15(2)7-11(12(16)19-3)20(17,18)10-5-8(13)4-9(14)6-10/h4-7H,1-3H3. The van der Waals surface area contributed by atoms with Crippen LogP contribution in [0, 0.1) is 0 Å². The summed E-state index contributed by atoms with van der Waals surface area (Å²) in [4.78, 5) is 12.4. The Labute approximate surface area is 127 Å². The van der Waals surface area contributed by atoms with Gasteiger partial charge in [-0.1, -0.05) is 23.2 Å². The van der Waals surface area contributed by atoms with E-state index in [-0.39, 0.29) is 14.9 Å². The van der Waals surface area contributed by atoms with Gasteiger partial charge >= 0.3 is 5.97 Å². The van der Waals surface area contributed by atoms with Crippen molar-refractivity contribution in [3.05, 3.63) is 39.3 Å². The molecule has 0 saturated heterocycles. The molecular weight excluding hydrogens is 325 g/mol. The van der Waals surface area contributed by atoms with Crippen LogP contribution in [0.5, 0.6) is 0 Å². The average molecular weight is 338 g/mol. The third kappa shape index (κ3) is 3.88. The fraction of sp³-hybridized carbons (Fsp3) is 0.250. The van der Waals surface area contributed by atoms with Crippen LogP contribution in [-0.4, -0.2) is 40.5 Å². The highest BCUT2D eigenvalue weighted by Crippen LogP contribution is 2.27. The molecular formula is C12H13Cl2NO4S. The summed E-state index contributed by atoms with van der Waals surface area (Å²) >= 11 is 11.6. The van der Waals surface area contributed by atoms with Crippen LogP contribution in [0.15, 0.2) is 34.2 Å². The Balaban J connectivity index is 3.48. The summed E-state index contributed by atoms with van der Waals surface area (Å²) in [5.74, 6) is -0.963. The van der Waals surface area contributed by atoms with Gasteiger partial charge in [0, 0.05) is 30.3 Å². The van der Waals surface area contributed by atoms with Gasteiger partial charge in [0.15, 0.2) is 4.91 Å². The first-order chi connectivity index (χ1) is 9.18. The molecule has 8 heteroatoms. The lowest BCUT2D eigenvalue weighted by atomic mass is 10.4. The van der Waals surface area contributed by atoms with Gasteiger partial charge < -0.3 is 9.64 Å². The Morgan fingerprint density at radius 3 is 2.10 bits per heavy atom. The van der Waals surface area contributed by atoms with Gasteiger partial charge in [0.1, 0.15) is 0 Å². The van der Waals surface area contributed by atoms with E-state index in [1.54, 1.807) is 14.1 Å². The lowest BCUT2D eigenvalue weighted by molar-refractivity contribution is -0.135. The highest BCUT2D eigenvalue weighted by molar-refractivity contribution is 7.96. The number of benzene rings is 1. The molecule has 0 heterocycles. The van der Waals surface area contributed by atoms with Gasteiger partial charge in [-0.25, -0.2) is 13.2 Å². The minimum Gasteiger partial charge on any atom is -0.465 e. The number of sulfone groups is 1. The molecule has 1 aromatic rings. The van der Waals surface area contributed by atoms with Gasteiger partial charge in [-0.05, 0) is 18.2 Å². The minimum atomic E-state index is -4.08. The first-order valence-corrected chi connectivity index (χ1v) is 7.60. The van der Waals surface area contributed by atoms with E-state index in [9.17, 15) is 13.2 Å². The molecule has 0 aliphatic rings. The van der Waals surface area contributed by atoms with Gasteiger partial charge in [-0.15, -0.1) is 0 Å². The average Bonchev–Trinajstić information content (AvgIpc) is 2.33. The Morgan fingerprint density at radius 1 is 1.20 bits per heavy atom. The molecule has 0 bridgehead atoms. The number of nitrogens with zero attached hydrogens (tertiary/aromatic N) is 1. The zero-order chi connectivity index (χ0) is 15.5. The molecule has 0 fully saturated rings. The second kappa shape index (κ2) is 6.47. The van der Waals surface area contributed by atoms with Crippen molar-refractivity contribution in [3.8, 4) is 0 Å². The molecule has 1 aromatic carbocycles. The molecule has 0 aliphatic carbocycles. The van der Waals surface area contributed by atoms with Crippen LogP contribution in [0.1, 0.15) is 0 Å². The van der Waals surface area contributed by atoms with Gasteiger partial charge in [-0.3, -0.25) is 0 Å². The molecule has 0 N–H and O–H groups in total. The van der Waals surface area contributed by atoms with Crippen molar-refractivity contribution in [2.24, 2.45) is 0 Å². The van der Waals surface area contributed by atoms with E-state index in [1.807, 2.05) is 0 Å². The summed E-state index contributed by atoms with van der Waals surface area (Å²) in [7, 11) is 0.200. The third-order valence-electron chi connectivity index (χ3n) is 2.20. The molecule has 20 heavy (non-hydrogen) atoms. The Morgan fingerprint density at radius 2 is 1.70 bits per heavy atom. The molecule has 1 rings (SSSR count). The zero-order valence-corrected chi connectivity index (χ0v) is 13.4. The van der Waals surface area contributed by atoms with Crippen LogP contribution < -0.4 is 0 Å². The van der Waals surface area contributed by atoms with Gasteiger partial charge in [0.05, 0.1) is 12.0 Å². The summed E-state index contributed by atoms with van der Waals surface area (Å²) in [6.45, 7) is 0. The van der Waals surface area contributed by atoms with Crippen molar-refractivity contribution in [3.63, 3.8) is 0 Å². The predicted molar refractivity (Wildman–Crippen MR) is 77.4 cm³/mol. The van der Waals surface area contributed by atoms with Gasteiger partial charge in [0.2, 0.25) is 9.84 Å². The van der Waals surface area contributed by atoms with Crippen molar-refractivity contribution in [1.82, 2.24) is 4.90 Å². The maximum atomic E-state index is 12.5. The highest BCUT2D eigenvalue weighted by atomic mass is 35.5. The summed E-state index contributed by atoms with van der Waals surface area (Å²) in [6, 6.07) is 3.83. The number of methoxy groups -OCH3 is 1. The summed E-state index contributed by atoms with van der Waals surface area (Å²) in [6.07, 6.45) is 1.16. The first-order valence-electron chi connectivity index (χ1n) is 5.36. The summed E-state index contributed by atoms with van der Waals surface area (Å²) in [5.41, 5.74) is 0. The number of rotatable bonds is 4. The van der Waals surface area contributed by atoms with Crippen LogP contribution in [-0.2, 0) is 19.4 Å². The van der Waals surface area contributed by atoms with Crippen molar-refractivity contribution in [1.29, 1.82) is 0 Å². The van der Waals surface area contributed by atoms with E-state index in [0.29, 0.717) is 0 Å². The van der Waals surface area contributed by atoms with E-state index in [2.05, 4.69) is 4.74 Å². The van der Waals surface area contributed by atoms with Gasteiger partial charge in [0.25, 0.3) is 0 Å². The first kappa shape index (κ1) is 16.8. The number of carbonyl (C=O) groups is 1. The van der Waals surface area contributed by atoms with E-state index in [1.165, 1.54) is 23.1 Å². The smallest absolute Gasteiger partial charge is 0.351 e. The molecule has 110 valence electrons. The highest BCUT2D eigenvalue weighted by Gasteiger charge is 2.29. The summed E-state index contributed by atoms with van der Waals surface area (Å²) < 4.78 is 29.4. The number of hydrogen-bond acceptors (Lipinski definition) is 5. The minimum absolute atomic E-state index is 0.158. The van der Waals surface area contributed by atoms with E-state index in [4.69, 9.17) is 23.2 Å². The second-order valence-corrected chi connectivity index (χ2v) is 6.85. The number of hydrogen-bond donors (Lipinski definition) is 0. The molecule has 0 aromatic heterocycles. The second-order valence-electron chi connectivity index (χ2n) is 4.06. The molecule has 0 saturated carbocycles. The summed E-state index contributed by atoms with van der Waals surface area (Å²) in [5, 5.41) is 0.315. The Hall–Kier alpha value is -1.24. The Bertz CT molecular complexity index is 633. The quantitative estimate of drug-likeness (QED) is 0.623. The predicted octanol–water partition coefficient (Wildman–Crippen LogP) is 2.34. The maximum Gasteiger partial charge on any atom is 0.351 e. The molecule has 0 atom stereocenters. The van der Waals surface area contributed by atoms with Gasteiger partial charge in [-0.2, -0.15) is 0 Å². The number of esters is 1. The lowest BCUT2D eigenvalue weighted by Gasteiger charge is -2.11. The maximum absolute atomic E-state index is 12.5. The van der Waals surface area contributed by atoms with Crippen molar-refractivity contribution < 1.29 is 17.9 Å². The van der Waals surface area contributed by atoms with E-state index in [0.717, 1.165) is 13.3 Å². The topological polar surface area (TPSA) is 63.7 Å². The van der Waals surface area contributed by atoms with Crippen molar-refractivity contribution >= 4 is 39.0 Å². The van der Waals surface area contributed by atoms with Crippen LogP contribution >= 0.6 is 23.2 Å². The van der Waals surface area contributed by atoms with Crippen LogP contribution in [0.3, 0.4) is 0 Å². The molecule has 0 radical (unpaired) electrons. The van der Waals surface area contributed by atoms with Crippen LogP contribution in [0.4, 0.5) is 0 Å². The molecule has 0 amide bonds. The molecule has 0 unspecified atom stereocenters. The van der Waals surface area contributed by atoms with E-state index >= 15 is 0 Å². The Kier molecular flexibility index (Phi) is 5.44. The molecule has 0 spiro atoms. The van der Waals surface area contributed by atoms with Crippen LogP contribution in [0.25, 0.3) is 0 Å². The zero-order valence-electron chi connectivity index (χ0n) is 11.1. The largest absolute Gasteiger partial charge is 0.465 e. The SMILES string of the molecule is COC(=O)C(=CN(C)C)S(=O)(=O)c1cc(Cl)cc(Cl)c1. The fourth-order valence-corrected chi connectivity index (χ4v) is 3.50. The van der Waals surface area contributed by atoms with Crippen LogP contribution in [0.2, 0.25) is 10.0 Å². The van der Waals surface area contributed by atoms with E-state index < -0.39 is 20.7 Å². The third-order valence-corrected chi connectivity index (χ3v) is 4.34. The van der Waals surface area contributed by atoms with Crippen molar-refractivity contribution in [2.45, 2.75) is 4.90 Å². The number of carbonyl (C=O) groups excluding carboxylic acids is 1. The monoisotopic (exact) mass is 337 g/mol. The number of halogens is 2. The lowest BCUT2D eigenvalue weighted by Crippen LogP contribution is -2.18. The van der Waals surface area contributed by atoms with Crippen molar-refractivity contribution in [2.75, 3.05) is 21.2 Å². The fourth-order valence-electron chi connectivity index (χ4n) is 1.38. The number of ether oxygens (including phenoxy) is 1. The molecule has 0 aliphatic heterocycles. The molecule has 5 nitrogen and oxygen atoms in total.